The molecule has 0 aromatic carbocycles. The first-order valence-corrected chi connectivity index (χ1v) is 3.97. The standard InChI is InChI=1S/C9H10FNO3/c1-9(14,7(10)8(12)13)6-4-2-3-5-11-6/h2-5,7,14H,1H3,(H,12,13). The number of rotatable bonds is 3. The maximum Gasteiger partial charge on any atom is 0.341 e. The molecule has 0 amide bonds. The number of nitrogens with zero attached hydrogens (tertiary/aromatic N) is 1. The summed E-state index contributed by atoms with van der Waals surface area (Å²) < 4.78 is 13.1. The lowest BCUT2D eigenvalue weighted by Crippen LogP contribution is -2.39. The van der Waals surface area contributed by atoms with Crippen LogP contribution in [0.15, 0.2) is 24.4 Å². The van der Waals surface area contributed by atoms with E-state index in [0.29, 0.717) is 0 Å². The topological polar surface area (TPSA) is 70.4 Å². The molecule has 0 fully saturated rings. The molecule has 2 N–H and O–H groups in total. The summed E-state index contributed by atoms with van der Waals surface area (Å²) in [5.74, 6) is -1.71. The summed E-state index contributed by atoms with van der Waals surface area (Å²) in [5.41, 5.74) is -2.11. The molecule has 1 aromatic heterocycles. The summed E-state index contributed by atoms with van der Waals surface area (Å²) in [4.78, 5) is 14.1. The maximum atomic E-state index is 13.1. The van der Waals surface area contributed by atoms with Crippen LogP contribution in [0.4, 0.5) is 4.39 Å². The lowest BCUT2D eigenvalue weighted by Gasteiger charge is -2.23. The van der Waals surface area contributed by atoms with Gasteiger partial charge in [0.05, 0.1) is 5.69 Å². The lowest BCUT2D eigenvalue weighted by molar-refractivity contribution is -0.154. The van der Waals surface area contributed by atoms with Gasteiger partial charge in [0.2, 0.25) is 6.17 Å². The van der Waals surface area contributed by atoms with Crippen LogP contribution >= 0.6 is 0 Å². The number of hydrogen-bond donors (Lipinski definition) is 2. The number of carbonyl (C=O) groups is 1. The van der Waals surface area contributed by atoms with Gasteiger partial charge in [-0.25, -0.2) is 9.18 Å². The zero-order chi connectivity index (χ0) is 10.8. The van der Waals surface area contributed by atoms with E-state index in [1.165, 1.54) is 12.3 Å². The molecule has 4 nitrogen and oxygen atoms in total. The van der Waals surface area contributed by atoms with E-state index in [1.807, 2.05) is 0 Å². The second-order valence-corrected chi connectivity index (χ2v) is 3.06. The molecule has 1 heterocycles. The highest BCUT2D eigenvalue weighted by Crippen LogP contribution is 2.24. The molecule has 1 rings (SSSR count). The van der Waals surface area contributed by atoms with Crippen molar-refractivity contribution in [3.63, 3.8) is 0 Å². The van der Waals surface area contributed by atoms with Crippen molar-refractivity contribution in [1.29, 1.82) is 0 Å². The fourth-order valence-corrected chi connectivity index (χ4v) is 1.03. The third kappa shape index (κ3) is 1.88. The molecule has 0 bridgehead atoms. The summed E-state index contributed by atoms with van der Waals surface area (Å²) in [6.45, 7) is 1.08. The van der Waals surface area contributed by atoms with Crippen LogP contribution in [0.2, 0.25) is 0 Å². The fraction of sp³-hybridized carbons (Fsp3) is 0.333. The quantitative estimate of drug-likeness (QED) is 0.752. The molecule has 14 heavy (non-hydrogen) atoms. The highest BCUT2D eigenvalue weighted by atomic mass is 19.1. The van der Waals surface area contributed by atoms with Crippen LogP contribution in [-0.4, -0.2) is 27.3 Å². The third-order valence-electron chi connectivity index (χ3n) is 1.89. The second kappa shape index (κ2) is 3.71. The van der Waals surface area contributed by atoms with Gasteiger partial charge in [-0.3, -0.25) is 4.98 Å². The van der Waals surface area contributed by atoms with Crippen LogP contribution in [0.25, 0.3) is 0 Å². The molecule has 0 spiro atoms. The van der Waals surface area contributed by atoms with Gasteiger partial charge >= 0.3 is 5.97 Å². The number of alkyl halides is 1. The van der Waals surface area contributed by atoms with Gasteiger partial charge in [0.25, 0.3) is 0 Å². The Morgan fingerprint density at radius 3 is 2.71 bits per heavy atom. The van der Waals surface area contributed by atoms with Crippen molar-refractivity contribution in [2.45, 2.75) is 18.7 Å². The van der Waals surface area contributed by atoms with Gasteiger partial charge in [-0.1, -0.05) is 6.07 Å². The van der Waals surface area contributed by atoms with Gasteiger partial charge in [-0.15, -0.1) is 0 Å². The molecule has 5 heteroatoms. The van der Waals surface area contributed by atoms with Gasteiger partial charge in [-0.05, 0) is 19.1 Å². The van der Waals surface area contributed by atoms with Crippen molar-refractivity contribution in [3.05, 3.63) is 30.1 Å². The summed E-state index contributed by atoms with van der Waals surface area (Å²) >= 11 is 0. The highest BCUT2D eigenvalue weighted by molar-refractivity contribution is 5.74. The molecular weight excluding hydrogens is 189 g/mol. The molecule has 0 saturated heterocycles. The Labute approximate surface area is 80.0 Å². The molecule has 0 radical (unpaired) electrons. The van der Waals surface area contributed by atoms with Crippen LogP contribution in [-0.2, 0) is 10.4 Å². The largest absolute Gasteiger partial charge is 0.479 e. The van der Waals surface area contributed by atoms with Crippen molar-refractivity contribution in [2.24, 2.45) is 0 Å². The van der Waals surface area contributed by atoms with E-state index in [1.54, 1.807) is 12.1 Å². The van der Waals surface area contributed by atoms with E-state index in [0.717, 1.165) is 6.92 Å². The van der Waals surface area contributed by atoms with E-state index in [4.69, 9.17) is 5.11 Å². The summed E-state index contributed by atoms with van der Waals surface area (Å²) in [5, 5.41) is 18.0. The van der Waals surface area contributed by atoms with Gasteiger partial charge in [0, 0.05) is 6.20 Å². The minimum absolute atomic E-state index is 0.00472. The lowest BCUT2D eigenvalue weighted by atomic mass is 9.96. The fourth-order valence-electron chi connectivity index (χ4n) is 1.03. The van der Waals surface area contributed by atoms with E-state index in [-0.39, 0.29) is 5.69 Å². The predicted octanol–water partition coefficient (Wildman–Crippen LogP) is 0.712. The van der Waals surface area contributed by atoms with E-state index >= 15 is 0 Å². The number of carboxylic acid groups (broad SMARTS) is 1. The minimum Gasteiger partial charge on any atom is -0.479 e. The van der Waals surface area contributed by atoms with Crippen molar-refractivity contribution in [2.75, 3.05) is 0 Å². The van der Waals surface area contributed by atoms with Crippen LogP contribution in [0.3, 0.4) is 0 Å². The molecule has 0 aliphatic heterocycles. The number of aliphatic hydroxyl groups is 1. The molecule has 2 unspecified atom stereocenters. The van der Waals surface area contributed by atoms with Crippen molar-refractivity contribution < 1.29 is 19.4 Å². The van der Waals surface area contributed by atoms with Crippen LogP contribution in [0.1, 0.15) is 12.6 Å². The van der Waals surface area contributed by atoms with Crippen LogP contribution in [0.5, 0.6) is 0 Å². The molecule has 76 valence electrons. The Hall–Kier alpha value is -1.49. The van der Waals surface area contributed by atoms with Crippen molar-refractivity contribution >= 4 is 5.97 Å². The molecule has 1 aromatic rings. The van der Waals surface area contributed by atoms with E-state index < -0.39 is 17.7 Å². The first kappa shape index (κ1) is 10.6. The SMILES string of the molecule is CC(O)(c1ccccn1)C(F)C(=O)O. The number of aromatic nitrogens is 1. The van der Waals surface area contributed by atoms with Gasteiger partial charge in [-0.2, -0.15) is 0 Å². The number of halogens is 1. The summed E-state index contributed by atoms with van der Waals surface area (Å²) in [6.07, 6.45) is -1.03. The number of aliphatic carboxylic acids is 1. The summed E-state index contributed by atoms with van der Waals surface area (Å²) in [7, 11) is 0. The van der Waals surface area contributed by atoms with E-state index in [2.05, 4.69) is 4.98 Å². The first-order chi connectivity index (χ1) is 6.46. The van der Waals surface area contributed by atoms with Gasteiger partial charge in [0.1, 0.15) is 5.60 Å². The monoisotopic (exact) mass is 199 g/mol. The molecule has 0 aliphatic rings. The van der Waals surface area contributed by atoms with Gasteiger partial charge in [0.15, 0.2) is 0 Å². The summed E-state index contributed by atoms with van der Waals surface area (Å²) in [6, 6.07) is 4.51. The number of pyridine rings is 1. The van der Waals surface area contributed by atoms with Crippen molar-refractivity contribution in [3.8, 4) is 0 Å². The minimum atomic E-state index is -2.39. The molecular formula is C9H10FNO3. The zero-order valence-corrected chi connectivity index (χ0v) is 7.51. The number of carboxylic acids is 1. The van der Waals surface area contributed by atoms with Gasteiger partial charge < -0.3 is 10.2 Å². The van der Waals surface area contributed by atoms with Crippen LogP contribution < -0.4 is 0 Å². The van der Waals surface area contributed by atoms with Crippen LogP contribution in [0, 0.1) is 0 Å². The normalized spacial score (nSPS) is 17.1. The Balaban J connectivity index is 3.02. The smallest absolute Gasteiger partial charge is 0.341 e. The Morgan fingerprint density at radius 2 is 2.29 bits per heavy atom. The predicted molar refractivity (Wildman–Crippen MR) is 46.3 cm³/mol. The Morgan fingerprint density at radius 1 is 1.64 bits per heavy atom. The Bertz CT molecular complexity index is 326. The van der Waals surface area contributed by atoms with Crippen molar-refractivity contribution in [1.82, 2.24) is 4.98 Å². The zero-order valence-electron chi connectivity index (χ0n) is 7.51. The Kier molecular flexibility index (Phi) is 2.81. The third-order valence-corrected chi connectivity index (χ3v) is 1.89. The first-order valence-electron chi connectivity index (χ1n) is 3.97. The van der Waals surface area contributed by atoms with E-state index in [9.17, 15) is 14.3 Å². The molecule has 2 atom stereocenters. The second-order valence-electron chi connectivity index (χ2n) is 3.06. The average Bonchev–Trinajstić information content (AvgIpc) is 2.18. The highest BCUT2D eigenvalue weighted by Gasteiger charge is 2.40. The number of hydrogen-bond acceptors (Lipinski definition) is 3. The molecule has 0 aliphatic carbocycles. The molecule has 0 saturated carbocycles. The average molecular weight is 199 g/mol. The maximum absolute atomic E-state index is 13.1.